The van der Waals surface area contributed by atoms with Crippen molar-refractivity contribution in [3.8, 4) is 11.9 Å². The Balaban J connectivity index is 1.72. The van der Waals surface area contributed by atoms with Crippen molar-refractivity contribution in [3.05, 3.63) is 76.7 Å². The van der Waals surface area contributed by atoms with Gasteiger partial charge < -0.3 is 10.1 Å². The van der Waals surface area contributed by atoms with E-state index in [2.05, 4.69) is 10.3 Å². The van der Waals surface area contributed by atoms with Crippen LogP contribution >= 0.6 is 11.6 Å². The first kappa shape index (κ1) is 22.5. The van der Waals surface area contributed by atoms with Gasteiger partial charge in [0.15, 0.2) is 0 Å². The van der Waals surface area contributed by atoms with Crippen LogP contribution in [0.4, 0.5) is 15.8 Å². The largest absolute Gasteiger partial charge is 0.471 e. The van der Waals surface area contributed by atoms with Crippen LogP contribution in [0.15, 0.2) is 59.6 Å². The van der Waals surface area contributed by atoms with Gasteiger partial charge in [-0.05, 0) is 43.3 Å². The van der Waals surface area contributed by atoms with Crippen molar-refractivity contribution in [1.82, 2.24) is 4.98 Å². The number of nitriles is 1. The van der Waals surface area contributed by atoms with E-state index in [4.69, 9.17) is 21.6 Å². The Kier molecular flexibility index (Phi) is 5.93. The number of carbonyl (C=O) groups is 1. The molecule has 0 aliphatic carbocycles. The van der Waals surface area contributed by atoms with E-state index in [1.807, 2.05) is 6.07 Å². The van der Waals surface area contributed by atoms with Crippen molar-refractivity contribution >= 4 is 38.9 Å². The molecule has 168 valence electrons. The Morgan fingerprint density at radius 2 is 2.06 bits per heavy atom. The fourth-order valence-electron chi connectivity index (χ4n) is 3.33. The van der Waals surface area contributed by atoms with Gasteiger partial charge in [0.05, 0.1) is 45.5 Å². The number of halogens is 2. The molecule has 1 aromatic heterocycles. The molecule has 33 heavy (non-hydrogen) atoms. The van der Waals surface area contributed by atoms with Crippen LogP contribution in [0.25, 0.3) is 0 Å². The van der Waals surface area contributed by atoms with Gasteiger partial charge in [-0.2, -0.15) is 5.26 Å². The number of ether oxygens (including phenoxy) is 1. The molecule has 4 rings (SSSR count). The zero-order chi connectivity index (χ0) is 23.8. The minimum absolute atomic E-state index is 0.0235. The van der Waals surface area contributed by atoms with E-state index >= 15 is 0 Å². The molecule has 1 atom stereocenters. The van der Waals surface area contributed by atoms with Crippen molar-refractivity contribution in [3.63, 3.8) is 0 Å². The lowest BCUT2D eigenvalue weighted by molar-refractivity contribution is 0.102. The summed E-state index contributed by atoms with van der Waals surface area (Å²) < 4.78 is 47.6. The summed E-state index contributed by atoms with van der Waals surface area (Å²) in [6, 6.07) is 12.8. The molecule has 0 saturated heterocycles. The van der Waals surface area contributed by atoms with Crippen molar-refractivity contribution in [2.75, 3.05) is 16.2 Å². The fourth-order valence-corrected chi connectivity index (χ4v) is 5.15. The molecular weight excluding hydrogens is 471 g/mol. The maximum absolute atomic E-state index is 14.1. The Bertz CT molecular complexity index is 1390. The second-order valence-corrected chi connectivity index (χ2v) is 9.47. The standard InChI is InChI=1S/C22H16ClFN4O4S/c1-13-12-28(33(30,31)16-5-2-4-14(8-16)10-25)19-9-15(11-26-22(19)32-13)27-21(29)20-17(23)6-3-7-18(20)24/h2-9,11,13H,12H2,1H3,(H,27,29). The molecule has 1 N–H and O–H groups in total. The second-order valence-electron chi connectivity index (χ2n) is 7.20. The van der Waals surface area contributed by atoms with Crippen molar-refractivity contribution in [1.29, 1.82) is 5.26 Å². The van der Waals surface area contributed by atoms with E-state index in [0.29, 0.717) is 0 Å². The zero-order valence-corrected chi connectivity index (χ0v) is 18.7. The first-order valence-electron chi connectivity index (χ1n) is 9.65. The first-order chi connectivity index (χ1) is 15.7. The fraction of sp³-hybridized carbons (Fsp3) is 0.136. The Labute approximate surface area is 194 Å². The highest BCUT2D eigenvalue weighted by atomic mass is 35.5. The first-order valence-corrected chi connectivity index (χ1v) is 11.5. The third-order valence-electron chi connectivity index (χ3n) is 4.84. The number of hydrogen-bond acceptors (Lipinski definition) is 6. The lowest BCUT2D eigenvalue weighted by atomic mass is 10.2. The average molecular weight is 487 g/mol. The molecule has 3 aromatic rings. The van der Waals surface area contributed by atoms with Crippen LogP contribution in [0.5, 0.6) is 5.88 Å². The molecule has 0 spiro atoms. The summed E-state index contributed by atoms with van der Waals surface area (Å²) in [6.45, 7) is 1.67. The number of rotatable bonds is 4. The smallest absolute Gasteiger partial charge is 0.264 e. The highest BCUT2D eigenvalue weighted by Gasteiger charge is 2.34. The number of carbonyl (C=O) groups excluding carboxylic acids is 1. The molecule has 11 heteroatoms. The Morgan fingerprint density at radius 3 is 2.79 bits per heavy atom. The molecule has 2 heterocycles. The zero-order valence-electron chi connectivity index (χ0n) is 17.1. The van der Waals surface area contributed by atoms with Crippen molar-refractivity contribution in [2.24, 2.45) is 0 Å². The van der Waals surface area contributed by atoms with Crippen LogP contribution < -0.4 is 14.4 Å². The van der Waals surface area contributed by atoms with Crippen LogP contribution in [0.1, 0.15) is 22.8 Å². The number of hydrogen-bond donors (Lipinski definition) is 1. The molecule has 0 saturated carbocycles. The van der Waals surface area contributed by atoms with Gasteiger partial charge in [0, 0.05) is 0 Å². The predicted molar refractivity (Wildman–Crippen MR) is 119 cm³/mol. The van der Waals surface area contributed by atoms with Crippen molar-refractivity contribution in [2.45, 2.75) is 17.9 Å². The summed E-state index contributed by atoms with van der Waals surface area (Å²) in [5.74, 6) is -1.57. The number of sulfonamides is 1. The predicted octanol–water partition coefficient (Wildman–Crippen LogP) is 3.97. The topological polar surface area (TPSA) is 112 Å². The Hall–Kier alpha value is -3.68. The van der Waals surface area contributed by atoms with Gasteiger partial charge >= 0.3 is 0 Å². The Morgan fingerprint density at radius 1 is 1.30 bits per heavy atom. The van der Waals surface area contributed by atoms with Crippen LogP contribution in [0.3, 0.4) is 0 Å². The molecule has 1 unspecified atom stereocenters. The number of nitrogens with zero attached hydrogens (tertiary/aromatic N) is 3. The van der Waals surface area contributed by atoms with Gasteiger partial charge in [0.1, 0.15) is 17.6 Å². The van der Waals surface area contributed by atoms with Crippen LogP contribution in [-0.4, -0.2) is 32.0 Å². The summed E-state index contributed by atoms with van der Waals surface area (Å²) in [6.07, 6.45) is 0.765. The van der Waals surface area contributed by atoms with E-state index in [0.717, 1.165) is 10.4 Å². The summed E-state index contributed by atoms with van der Waals surface area (Å²) in [5.41, 5.74) is 0.0492. The average Bonchev–Trinajstić information content (AvgIpc) is 2.78. The third kappa shape index (κ3) is 4.33. The summed E-state index contributed by atoms with van der Waals surface area (Å²) in [4.78, 5) is 16.6. The van der Waals surface area contributed by atoms with Gasteiger partial charge in [-0.25, -0.2) is 17.8 Å². The molecule has 0 bridgehead atoms. The molecular formula is C22H16ClFN4O4S. The monoisotopic (exact) mass is 486 g/mol. The number of benzene rings is 2. The highest BCUT2D eigenvalue weighted by molar-refractivity contribution is 7.92. The summed E-state index contributed by atoms with van der Waals surface area (Å²) in [5, 5.41) is 11.5. The molecule has 8 nitrogen and oxygen atoms in total. The molecule has 0 radical (unpaired) electrons. The SMILES string of the molecule is CC1CN(S(=O)(=O)c2cccc(C#N)c2)c2cc(NC(=O)c3c(F)cccc3Cl)cnc2O1. The van der Waals surface area contributed by atoms with E-state index in [1.165, 1.54) is 48.7 Å². The van der Waals surface area contributed by atoms with Crippen LogP contribution in [0.2, 0.25) is 5.02 Å². The van der Waals surface area contributed by atoms with Gasteiger partial charge in [-0.1, -0.05) is 23.7 Å². The number of pyridine rings is 1. The number of nitrogens with one attached hydrogen (secondary N) is 1. The minimum Gasteiger partial charge on any atom is -0.471 e. The van der Waals surface area contributed by atoms with Gasteiger partial charge in [-0.3, -0.25) is 9.10 Å². The van der Waals surface area contributed by atoms with Crippen LogP contribution in [0, 0.1) is 17.1 Å². The maximum Gasteiger partial charge on any atom is 0.264 e. The molecule has 1 amide bonds. The number of fused-ring (bicyclic) bond motifs is 1. The number of anilines is 2. The normalized spacial score (nSPS) is 15.2. The number of amides is 1. The van der Waals surface area contributed by atoms with Crippen molar-refractivity contribution < 1.29 is 22.3 Å². The lowest BCUT2D eigenvalue weighted by Crippen LogP contribution is -2.42. The van der Waals surface area contributed by atoms with E-state index in [1.54, 1.807) is 6.92 Å². The molecule has 1 aliphatic heterocycles. The lowest BCUT2D eigenvalue weighted by Gasteiger charge is -2.33. The van der Waals surface area contributed by atoms with Gasteiger partial charge in [0.25, 0.3) is 15.9 Å². The molecule has 1 aliphatic rings. The molecule has 0 fully saturated rings. The number of aromatic nitrogens is 1. The highest BCUT2D eigenvalue weighted by Crippen LogP contribution is 2.37. The quantitative estimate of drug-likeness (QED) is 0.597. The maximum atomic E-state index is 14.1. The van der Waals surface area contributed by atoms with Crippen LogP contribution in [-0.2, 0) is 10.0 Å². The molecule has 2 aromatic carbocycles. The van der Waals surface area contributed by atoms with Gasteiger partial charge in [0.2, 0.25) is 5.88 Å². The van der Waals surface area contributed by atoms with Gasteiger partial charge in [-0.15, -0.1) is 0 Å². The van der Waals surface area contributed by atoms with E-state index in [-0.39, 0.29) is 44.8 Å². The third-order valence-corrected chi connectivity index (χ3v) is 6.93. The van der Waals surface area contributed by atoms with E-state index < -0.39 is 27.9 Å². The summed E-state index contributed by atoms with van der Waals surface area (Å²) in [7, 11) is -4.08. The minimum atomic E-state index is -4.08. The summed E-state index contributed by atoms with van der Waals surface area (Å²) >= 11 is 5.95. The second kappa shape index (κ2) is 8.69. The van der Waals surface area contributed by atoms with E-state index in [9.17, 15) is 17.6 Å².